The van der Waals surface area contributed by atoms with Crippen molar-refractivity contribution in [1.82, 2.24) is 4.98 Å². The fourth-order valence-electron chi connectivity index (χ4n) is 0.929. The van der Waals surface area contributed by atoms with Gasteiger partial charge >= 0.3 is 0 Å². The Kier molecular flexibility index (Phi) is 5.47. The van der Waals surface area contributed by atoms with Gasteiger partial charge in [0.15, 0.2) is 5.82 Å². The lowest BCUT2D eigenvalue weighted by molar-refractivity contribution is 1.20. The Hall–Kier alpha value is -1.04. The molecule has 0 spiro atoms. The first-order valence-corrected chi connectivity index (χ1v) is 6.06. The second-order valence-electron chi connectivity index (χ2n) is 2.87. The van der Waals surface area contributed by atoms with Gasteiger partial charge in [-0.2, -0.15) is 0 Å². The lowest BCUT2D eigenvalue weighted by Crippen LogP contribution is -1.98. The Morgan fingerprint density at radius 2 is 2.29 bits per heavy atom. The van der Waals surface area contributed by atoms with Gasteiger partial charge in [-0.25, -0.2) is 4.99 Å². The minimum atomic E-state index is 0.199. The van der Waals surface area contributed by atoms with Gasteiger partial charge in [-0.1, -0.05) is 35.0 Å². The number of halogens is 2. The van der Waals surface area contributed by atoms with E-state index in [-0.39, 0.29) is 5.82 Å². The zero-order valence-corrected chi connectivity index (χ0v) is 11.4. The first kappa shape index (κ1) is 14.0. The van der Waals surface area contributed by atoms with E-state index in [1.165, 1.54) is 18.0 Å². The quantitative estimate of drug-likeness (QED) is 0.683. The maximum absolute atomic E-state index is 5.97. The highest BCUT2D eigenvalue weighted by molar-refractivity contribution is 8.03. The molecule has 0 atom stereocenters. The van der Waals surface area contributed by atoms with Crippen molar-refractivity contribution in [3.63, 3.8) is 0 Å². The highest BCUT2D eigenvalue weighted by Gasteiger charge is 2.07. The fourth-order valence-corrected chi connectivity index (χ4v) is 1.96. The summed E-state index contributed by atoms with van der Waals surface area (Å²) >= 11 is 12.9. The fraction of sp³-hybridized carbons (Fsp3) is 0.100. The molecule has 0 aliphatic heterocycles. The molecule has 1 rings (SSSR count). The number of aliphatic imine (C=N–C) groups is 2. The minimum Gasteiger partial charge on any atom is -0.381 e. The number of nitrogens with zero attached hydrogens (tertiary/aromatic N) is 3. The molecule has 1 heterocycles. The van der Waals surface area contributed by atoms with Gasteiger partial charge in [0.2, 0.25) is 0 Å². The van der Waals surface area contributed by atoms with E-state index < -0.39 is 0 Å². The molecule has 1 aromatic heterocycles. The molecule has 0 unspecified atom stereocenters. The summed E-state index contributed by atoms with van der Waals surface area (Å²) in [5, 5.41) is 1.28. The predicted octanol–water partition coefficient (Wildman–Crippen LogP) is 3.27. The van der Waals surface area contributed by atoms with E-state index in [4.69, 9.17) is 28.9 Å². The van der Waals surface area contributed by atoms with Crippen molar-refractivity contribution in [3.05, 3.63) is 34.3 Å². The van der Waals surface area contributed by atoms with E-state index in [0.29, 0.717) is 15.2 Å². The predicted molar refractivity (Wildman–Crippen MR) is 74.8 cm³/mol. The van der Waals surface area contributed by atoms with E-state index in [9.17, 15) is 0 Å². The van der Waals surface area contributed by atoms with Gasteiger partial charge in [-0.05, 0) is 19.7 Å². The highest BCUT2D eigenvalue weighted by atomic mass is 35.5. The largest absolute Gasteiger partial charge is 0.381 e. The second kappa shape index (κ2) is 6.64. The zero-order valence-electron chi connectivity index (χ0n) is 9.02. The van der Waals surface area contributed by atoms with Crippen molar-refractivity contribution in [2.75, 3.05) is 0 Å². The van der Waals surface area contributed by atoms with Crippen LogP contribution in [0.4, 0.5) is 0 Å². The molecule has 0 saturated carbocycles. The van der Waals surface area contributed by atoms with Gasteiger partial charge in [-0.3, -0.25) is 9.98 Å². The summed E-state index contributed by atoms with van der Waals surface area (Å²) in [6.07, 6.45) is 3.16. The first-order chi connectivity index (χ1) is 8.04. The summed E-state index contributed by atoms with van der Waals surface area (Å²) in [7, 11) is 0. The van der Waals surface area contributed by atoms with Crippen molar-refractivity contribution in [2.24, 2.45) is 15.7 Å². The van der Waals surface area contributed by atoms with Crippen molar-refractivity contribution >= 4 is 46.9 Å². The molecule has 1 aromatic rings. The maximum Gasteiger partial charge on any atom is 0.157 e. The smallest absolute Gasteiger partial charge is 0.157 e. The molecule has 0 bridgehead atoms. The Morgan fingerprint density at radius 1 is 1.59 bits per heavy atom. The van der Waals surface area contributed by atoms with Crippen LogP contribution in [0.3, 0.4) is 0 Å². The molecular weight excluding hydrogens is 279 g/mol. The van der Waals surface area contributed by atoms with Crippen LogP contribution in [0.5, 0.6) is 0 Å². The summed E-state index contributed by atoms with van der Waals surface area (Å²) in [5.74, 6) is 0.199. The summed E-state index contributed by atoms with van der Waals surface area (Å²) in [4.78, 5) is 12.4. The summed E-state index contributed by atoms with van der Waals surface area (Å²) in [5.41, 5.74) is 5.72. The third-order valence-corrected chi connectivity index (χ3v) is 3.18. The number of pyridine rings is 1. The van der Waals surface area contributed by atoms with Crippen LogP contribution in [0.1, 0.15) is 6.92 Å². The molecule has 90 valence electrons. The number of hydrogen-bond donors (Lipinski definition) is 1. The van der Waals surface area contributed by atoms with Crippen LogP contribution >= 0.6 is 35.0 Å². The van der Waals surface area contributed by atoms with Crippen molar-refractivity contribution in [1.29, 1.82) is 0 Å². The number of aromatic nitrogens is 1. The van der Waals surface area contributed by atoms with E-state index in [2.05, 4.69) is 21.7 Å². The number of thioether (sulfide) groups is 1. The highest BCUT2D eigenvalue weighted by Crippen LogP contribution is 2.33. The van der Waals surface area contributed by atoms with Crippen molar-refractivity contribution < 1.29 is 0 Å². The van der Waals surface area contributed by atoms with Gasteiger partial charge < -0.3 is 5.73 Å². The van der Waals surface area contributed by atoms with E-state index in [0.717, 1.165) is 4.90 Å². The zero-order chi connectivity index (χ0) is 12.8. The average molecular weight is 289 g/mol. The Balaban J connectivity index is 3.03. The monoisotopic (exact) mass is 288 g/mol. The Morgan fingerprint density at radius 3 is 2.82 bits per heavy atom. The second-order valence-corrected chi connectivity index (χ2v) is 4.85. The van der Waals surface area contributed by atoms with E-state index in [1.807, 2.05) is 0 Å². The topological polar surface area (TPSA) is 63.6 Å². The van der Waals surface area contributed by atoms with Gasteiger partial charge in [0.05, 0.1) is 5.02 Å². The third kappa shape index (κ3) is 4.38. The van der Waals surface area contributed by atoms with Gasteiger partial charge in [0, 0.05) is 17.3 Å². The molecule has 0 fully saturated rings. The molecule has 0 aliphatic carbocycles. The first-order valence-electron chi connectivity index (χ1n) is 4.49. The summed E-state index contributed by atoms with van der Waals surface area (Å²) in [6, 6.07) is 1.75. The van der Waals surface area contributed by atoms with Crippen molar-refractivity contribution in [2.45, 2.75) is 11.8 Å². The summed E-state index contributed by atoms with van der Waals surface area (Å²) in [6.45, 7) is 5.06. The molecule has 7 heteroatoms. The summed E-state index contributed by atoms with van der Waals surface area (Å²) < 4.78 is 0. The van der Waals surface area contributed by atoms with Crippen LogP contribution in [-0.2, 0) is 0 Å². The van der Waals surface area contributed by atoms with Gasteiger partial charge in [0.25, 0.3) is 0 Å². The minimum absolute atomic E-state index is 0.199. The standard InChI is InChI=1S/C10H10Cl2N4S/c1-6(11)16-9(13)10(14-2)17-8-3-4-15-5-7(8)12/h3-5H,2,13H2,1H3/b10-9+,16-6?. The number of nitrogens with two attached hydrogens (primary N) is 1. The van der Waals surface area contributed by atoms with E-state index >= 15 is 0 Å². The lowest BCUT2D eigenvalue weighted by Gasteiger charge is -2.04. The molecule has 17 heavy (non-hydrogen) atoms. The molecule has 0 radical (unpaired) electrons. The van der Waals surface area contributed by atoms with Crippen LogP contribution in [0, 0.1) is 0 Å². The van der Waals surface area contributed by atoms with Crippen LogP contribution in [0.2, 0.25) is 5.02 Å². The van der Waals surface area contributed by atoms with Crippen LogP contribution in [0.15, 0.2) is 44.2 Å². The average Bonchev–Trinajstić information content (AvgIpc) is 2.27. The van der Waals surface area contributed by atoms with E-state index in [1.54, 1.807) is 19.2 Å². The molecular formula is C10H10Cl2N4S. The Labute approximate surface area is 114 Å². The molecule has 0 amide bonds. The number of rotatable bonds is 4. The molecule has 0 saturated heterocycles. The van der Waals surface area contributed by atoms with Crippen molar-refractivity contribution in [3.8, 4) is 0 Å². The molecule has 0 aliphatic rings. The van der Waals surface area contributed by atoms with Gasteiger partial charge in [0.1, 0.15) is 10.2 Å². The normalized spacial score (nSPS) is 13.2. The Bertz CT molecular complexity index is 481. The molecule has 4 nitrogen and oxygen atoms in total. The lowest BCUT2D eigenvalue weighted by atomic mass is 10.5. The molecule has 0 aromatic carbocycles. The van der Waals surface area contributed by atoms with Gasteiger partial charge in [-0.15, -0.1) is 0 Å². The maximum atomic E-state index is 5.97. The van der Waals surface area contributed by atoms with Crippen LogP contribution in [-0.4, -0.2) is 16.9 Å². The molecule has 2 N–H and O–H groups in total. The number of hydrogen-bond acceptors (Lipinski definition) is 5. The third-order valence-electron chi connectivity index (χ3n) is 1.58. The van der Waals surface area contributed by atoms with Crippen LogP contribution in [0.25, 0.3) is 0 Å². The SMILES string of the molecule is C=N/C(Sc1ccncc1Cl)=C(/N)N=C(C)Cl. The van der Waals surface area contributed by atoms with Crippen LogP contribution < -0.4 is 5.73 Å².